The number of benzene rings is 1. The molecular formula is C10H8N2O4S. The summed E-state index contributed by atoms with van der Waals surface area (Å²) in [5.74, 6) is -1.09. The van der Waals surface area contributed by atoms with Crippen molar-refractivity contribution in [3.63, 3.8) is 0 Å². The van der Waals surface area contributed by atoms with E-state index in [-0.39, 0.29) is 11.3 Å². The maximum atomic E-state index is 11.9. The van der Waals surface area contributed by atoms with Crippen LogP contribution in [0.3, 0.4) is 0 Å². The van der Waals surface area contributed by atoms with E-state index in [0.29, 0.717) is 5.56 Å². The van der Waals surface area contributed by atoms with Gasteiger partial charge >= 0.3 is 0 Å². The molecule has 3 rings (SSSR count). The SMILES string of the molecule is O=C1CC2(NS(=O)(=O)c3ccccc32)C(=O)N1. The van der Waals surface area contributed by atoms with Gasteiger partial charge in [-0.2, -0.15) is 4.72 Å². The van der Waals surface area contributed by atoms with Gasteiger partial charge in [0.25, 0.3) is 5.91 Å². The third-order valence-electron chi connectivity index (χ3n) is 3.01. The molecule has 1 spiro atoms. The van der Waals surface area contributed by atoms with E-state index in [4.69, 9.17) is 0 Å². The molecule has 2 heterocycles. The molecule has 1 aromatic carbocycles. The van der Waals surface area contributed by atoms with E-state index in [1.807, 2.05) is 0 Å². The smallest absolute Gasteiger partial charge is 0.253 e. The summed E-state index contributed by atoms with van der Waals surface area (Å²) in [6, 6.07) is 6.18. The van der Waals surface area contributed by atoms with Crippen LogP contribution < -0.4 is 10.0 Å². The summed E-state index contributed by atoms with van der Waals surface area (Å²) in [6.07, 6.45) is -0.192. The number of nitrogens with one attached hydrogen (secondary N) is 2. The normalized spacial score (nSPS) is 29.4. The number of hydrogen-bond donors (Lipinski definition) is 2. The van der Waals surface area contributed by atoms with Gasteiger partial charge in [0.15, 0.2) is 0 Å². The first-order chi connectivity index (χ1) is 7.96. The standard InChI is InChI=1S/C10H8N2O4S/c13-8-5-10(9(14)11-8)6-3-1-2-4-7(6)17(15,16)12-10/h1-4,12H,5H2,(H,11,13,14). The minimum atomic E-state index is -3.72. The van der Waals surface area contributed by atoms with Crippen molar-refractivity contribution < 1.29 is 18.0 Å². The molecule has 6 nitrogen and oxygen atoms in total. The Morgan fingerprint density at radius 2 is 1.88 bits per heavy atom. The zero-order valence-corrected chi connectivity index (χ0v) is 9.37. The molecule has 2 N–H and O–H groups in total. The molecule has 0 aromatic heterocycles. The lowest BCUT2D eigenvalue weighted by atomic mass is 9.89. The van der Waals surface area contributed by atoms with Crippen molar-refractivity contribution in [3.05, 3.63) is 29.8 Å². The Morgan fingerprint density at radius 3 is 2.53 bits per heavy atom. The van der Waals surface area contributed by atoms with Gasteiger partial charge in [0.1, 0.15) is 5.54 Å². The molecule has 0 bridgehead atoms. The molecule has 0 aliphatic carbocycles. The zero-order chi connectivity index (χ0) is 12.3. The number of amides is 2. The fraction of sp³-hybridized carbons (Fsp3) is 0.200. The first-order valence-corrected chi connectivity index (χ1v) is 6.42. The molecule has 1 saturated heterocycles. The molecule has 7 heteroatoms. The van der Waals surface area contributed by atoms with Crippen LogP contribution in [-0.2, 0) is 25.2 Å². The van der Waals surface area contributed by atoms with Crippen LogP contribution in [0.1, 0.15) is 12.0 Å². The van der Waals surface area contributed by atoms with Crippen LogP contribution in [0.15, 0.2) is 29.2 Å². The van der Waals surface area contributed by atoms with E-state index < -0.39 is 27.4 Å². The quantitative estimate of drug-likeness (QED) is 0.592. The molecule has 1 aromatic rings. The van der Waals surface area contributed by atoms with Gasteiger partial charge in [-0.25, -0.2) is 8.42 Å². The van der Waals surface area contributed by atoms with Gasteiger partial charge in [-0.15, -0.1) is 0 Å². The number of carbonyl (C=O) groups is 2. The first-order valence-electron chi connectivity index (χ1n) is 4.93. The zero-order valence-electron chi connectivity index (χ0n) is 8.56. The van der Waals surface area contributed by atoms with Crippen LogP contribution >= 0.6 is 0 Å². The number of fused-ring (bicyclic) bond motifs is 2. The number of sulfonamides is 1. The Bertz CT molecular complexity index is 652. The van der Waals surface area contributed by atoms with Crippen LogP contribution in [0.5, 0.6) is 0 Å². The summed E-state index contributed by atoms with van der Waals surface area (Å²) in [7, 11) is -3.72. The molecule has 1 atom stereocenters. The molecule has 2 aliphatic heterocycles. The lowest BCUT2D eigenvalue weighted by Gasteiger charge is -2.18. The van der Waals surface area contributed by atoms with Crippen LogP contribution in [0.25, 0.3) is 0 Å². The van der Waals surface area contributed by atoms with E-state index in [1.165, 1.54) is 6.07 Å². The molecular weight excluding hydrogens is 244 g/mol. The van der Waals surface area contributed by atoms with Gasteiger partial charge in [-0.05, 0) is 6.07 Å². The number of imide groups is 1. The van der Waals surface area contributed by atoms with Crippen molar-refractivity contribution in [2.24, 2.45) is 0 Å². The van der Waals surface area contributed by atoms with Gasteiger partial charge in [0.05, 0.1) is 11.3 Å². The number of rotatable bonds is 0. The minimum Gasteiger partial charge on any atom is -0.294 e. The third-order valence-corrected chi connectivity index (χ3v) is 4.56. The summed E-state index contributed by atoms with van der Waals surface area (Å²) in [4.78, 5) is 23.1. The van der Waals surface area contributed by atoms with E-state index in [2.05, 4.69) is 10.0 Å². The van der Waals surface area contributed by atoms with E-state index in [0.717, 1.165) is 0 Å². The minimum absolute atomic E-state index is 0.0600. The summed E-state index contributed by atoms with van der Waals surface area (Å²) >= 11 is 0. The first kappa shape index (κ1) is 10.4. The highest BCUT2D eigenvalue weighted by Crippen LogP contribution is 2.40. The highest BCUT2D eigenvalue weighted by molar-refractivity contribution is 7.90. The Kier molecular flexibility index (Phi) is 1.80. The maximum Gasteiger partial charge on any atom is 0.253 e. The molecule has 88 valence electrons. The maximum absolute atomic E-state index is 11.9. The van der Waals surface area contributed by atoms with Gasteiger partial charge in [-0.1, -0.05) is 18.2 Å². The highest BCUT2D eigenvalue weighted by Gasteiger charge is 2.56. The number of hydrogen-bond acceptors (Lipinski definition) is 4. The average Bonchev–Trinajstić information content (AvgIpc) is 2.65. The summed E-state index contributed by atoms with van der Waals surface area (Å²) in [5, 5.41) is 2.12. The Balaban J connectivity index is 2.31. The lowest BCUT2D eigenvalue weighted by Crippen LogP contribution is -2.45. The fourth-order valence-corrected chi connectivity index (χ4v) is 3.92. The molecule has 0 saturated carbocycles. The second-order valence-corrected chi connectivity index (χ2v) is 5.71. The topological polar surface area (TPSA) is 92.3 Å². The number of carbonyl (C=O) groups excluding carboxylic acids is 2. The van der Waals surface area contributed by atoms with Crippen molar-refractivity contribution in [2.45, 2.75) is 16.9 Å². The molecule has 1 fully saturated rings. The predicted molar refractivity (Wildman–Crippen MR) is 56.2 cm³/mol. The van der Waals surface area contributed by atoms with Crippen molar-refractivity contribution in [1.82, 2.24) is 10.0 Å². The van der Waals surface area contributed by atoms with Gasteiger partial charge in [0, 0.05) is 5.56 Å². The van der Waals surface area contributed by atoms with Gasteiger partial charge < -0.3 is 0 Å². The molecule has 2 amide bonds. The van der Waals surface area contributed by atoms with Crippen molar-refractivity contribution in [1.29, 1.82) is 0 Å². The van der Waals surface area contributed by atoms with Crippen molar-refractivity contribution >= 4 is 21.8 Å². The Morgan fingerprint density at radius 1 is 1.18 bits per heavy atom. The lowest BCUT2D eigenvalue weighted by molar-refractivity contribution is -0.126. The Hall–Kier alpha value is -1.73. The molecule has 17 heavy (non-hydrogen) atoms. The molecule has 2 aliphatic rings. The Labute approximate surface area is 97.1 Å². The van der Waals surface area contributed by atoms with Crippen LogP contribution in [0, 0.1) is 0 Å². The van der Waals surface area contributed by atoms with Crippen molar-refractivity contribution in [2.75, 3.05) is 0 Å². The third kappa shape index (κ3) is 1.20. The van der Waals surface area contributed by atoms with Crippen molar-refractivity contribution in [3.8, 4) is 0 Å². The second-order valence-electron chi connectivity index (χ2n) is 4.06. The summed E-state index contributed by atoms with van der Waals surface area (Å²) in [5.41, 5.74) is -1.12. The van der Waals surface area contributed by atoms with Crippen LogP contribution in [-0.4, -0.2) is 20.2 Å². The second kappa shape index (κ2) is 2.93. The highest BCUT2D eigenvalue weighted by atomic mass is 32.2. The van der Waals surface area contributed by atoms with Crippen LogP contribution in [0.2, 0.25) is 0 Å². The molecule has 0 radical (unpaired) electrons. The summed E-state index contributed by atoms with van der Waals surface area (Å²) < 4.78 is 26.0. The van der Waals surface area contributed by atoms with Crippen LogP contribution in [0.4, 0.5) is 0 Å². The average molecular weight is 252 g/mol. The predicted octanol–water partition coefficient (Wildman–Crippen LogP) is -0.780. The fourth-order valence-electron chi connectivity index (χ4n) is 2.29. The van der Waals surface area contributed by atoms with Gasteiger partial charge in [-0.3, -0.25) is 14.9 Å². The largest absolute Gasteiger partial charge is 0.294 e. The monoisotopic (exact) mass is 252 g/mol. The van der Waals surface area contributed by atoms with Gasteiger partial charge in [0.2, 0.25) is 15.9 Å². The summed E-state index contributed by atoms with van der Waals surface area (Å²) in [6.45, 7) is 0. The van der Waals surface area contributed by atoms with E-state index >= 15 is 0 Å². The van der Waals surface area contributed by atoms with E-state index in [1.54, 1.807) is 18.2 Å². The molecule has 1 unspecified atom stereocenters. The van der Waals surface area contributed by atoms with E-state index in [9.17, 15) is 18.0 Å².